The summed E-state index contributed by atoms with van der Waals surface area (Å²) >= 11 is 5.93. The molecule has 7 nitrogen and oxygen atoms in total. The van der Waals surface area contributed by atoms with Gasteiger partial charge in [0.25, 0.3) is 0 Å². The molecule has 0 aliphatic heterocycles. The van der Waals surface area contributed by atoms with Gasteiger partial charge in [0.2, 0.25) is 0 Å². The summed E-state index contributed by atoms with van der Waals surface area (Å²) in [5.74, 6) is 0.685. The van der Waals surface area contributed by atoms with Gasteiger partial charge in [0.05, 0.1) is 13.7 Å². The van der Waals surface area contributed by atoms with Gasteiger partial charge in [0.1, 0.15) is 16.7 Å². The highest BCUT2D eigenvalue weighted by Crippen LogP contribution is 2.22. The Labute approximate surface area is 138 Å². The number of hydrogen-bond acceptors (Lipinski definition) is 7. The lowest BCUT2D eigenvalue weighted by molar-refractivity contribution is -0.145. The van der Waals surface area contributed by atoms with Crippen LogP contribution in [-0.4, -0.2) is 36.3 Å². The summed E-state index contributed by atoms with van der Waals surface area (Å²) in [4.78, 5) is 19.3. The minimum absolute atomic E-state index is 0.0124. The monoisotopic (exact) mass is 337 g/mol. The molecule has 2 aromatic rings. The predicted molar refractivity (Wildman–Crippen MR) is 85.4 cm³/mol. The van der Waals surface area contributed by atoms with E-state index in [1.165, 1.54) is 0 Å². The molecular formula is C15H16ClN3O4. The smallest absolute Gasteiger partial charge is 0.344 e. The van der Waals surface area contributed by atoms with Crippen LogP contribution in [0.5, 0.6) is 11.8 Å². The summed E-state index contributed by atoms with van der Waals surface area (Å²) in [6.07, 6.45) is 0. The van der Waals surface area contributed by atoms with Crippen molar-refractivity contribution in [3.8, 4) is 11.8 Å². The highest BCUT2D eigenvalue weighted by molar-refractivity contribution is 6.29. The van der Waals surface area contributed by atoms with Gasteiger partial charge < -0.3 is 19.5 Å². The lowest BCUT2D eigenvalue weighted by Crippen LogP contribution is -2.15. The van der Waals surface area contributed by atoms with Crippen molar-refractivity contribution in [1.29, 1.82) is 0 Å². The topological polar surface area (TPSA) is 82.6 Å². The molecule has 8 heteroatoms. The molecule has 23 heavy (non-hydrogen) atoms. The van der Waals surface area contributed by atoms with Crippen LogP contribution < -0.4 is 14.8 Å². The summed E-state index contributed by atoms with van der Waals surface area (Å²) < 4.78 is 15.0. The maximum Gasteiger partial charge on any atom is 0.344 e. The first-order chi connectivity index (χ1) is 11.1. The molecule has 0 aliphatic carbocycles. The standard InChI is InChI=1S/C15H16ClN3O4/c1-3-22-14(20)9-23-15-18-12(16)8-13(19-15)17-10-4-6-11(21-2)7-5-10/h4-8H,3,9H2,1-2H3,(H,17,18,19). The Morgan fingerprint density at radius 2 is 2.00 bits per heavy atom. The Hall–Kier alpha value is -2.54. The Kier molecular flexibility index (Phi) is 5.99. The van der Waals surface area contributed by atoms with Gasteiger partial charge in [-0.15, -0.1) is 0 Å². The van der Waals surface area contributed by atoms with Crippen molar-refractivity contribution in [2.24, 2.45) is 0 Å². The first-order valence-corrected chi connectivity index (χ1v) is 7.22. The van der Waals surface area contributed by atoms with E-state index in [-0.39, 0.29) is 24.4 Å². The minimum atomic E-state index is -0.499. The third-order valence-electron chi connectivity index (χ3n) is 2.66. The van der Waals surface area contributed by atoms with Crippen LogP contribution in [0.4, 0.5) is 11.5 Å². The molecule has 1 heterocycles. The van der Waals surface area contributed by atoms with Crippen LogP contribution in [0.2, 0.25) is 5.15 Å². The number of hydrogen-bond donors (Lipinski definition) is 1. The average molecular weight is 338 g/mol. The molecule has 0 unspecified atom stereocenters. The van der Waals surface area contributed by atoms with Crippen molar-refractivity contribution in [3.05, 3.63) is 35.5 Å². The summed E-state index contributed by atoms with van der Waals surface area (Å²) in [5.41, 5.74) is 0.789. The zero-order valence-electron chi connectivity index (χ0n) is 12.7. The van der Waals surface area contributed by atoms with Crippen LogP contribution in [-0.2, 0) is 9.53 Å². The van der Waals surface area contributed by atoms with E-state index in [0.717, 1.165) is 11.4 Å². The second-order valence-corrected chi connectivity index (χ2v) is 4.69. The largest absolute Gasteiger partial charge is 0.497 e. The summed E-state index contributed by atoms with van der Waals surface area (Å²) in [6, 6.07) is 8.80. The van der Waals surface area contributed by atoms with Gasteiger partial charge in [-0.25, -0.2) is 4.79 Å². The number of carbonyl (C=O) groups is 1. The predicted octanol–water partition coefficient (Wildman–Crippen LogP) is 2.82. The van der Waals surface area contributed by atoms with Crippen molar-refractivity contribution in [1.82, 2.24) is 9.97 Å². The molecule has 0 saturated carbocycles. The third-order valence-corrected chi connectivity index (χ3v) is 2.85. The molecule has 0 radical (unpaired) electrons. The molecule has 0 aliphatic rings. The molecule has 2 rings (SSSR count). The van der Waals surface area contributed by atoms with Gasteiger partial charge in [-0.2, -0.15) is 9.97 Å². The van der Waals surface area contributed by atoms with E-state index < -0.39 is 5.97 Å². The highest BCUT2D eigenvalue weighted by Gasteiger charge is 2.08. The van der Waals surface area contributed by atoms with E-state index in [4.69, 9.17) is 25.8 Å². The quantitative estimate of drug-likeness (QED) is 0.614. The van der Waals surface area contributed by atoms with Crippen molar-refractivity contribution < 1.29 is 19.0 Å². The van der Waals surface area contributed by atoms with Crippen molar-refractivity contribution in [2.75, 3.05) is 25.6 Å². The van der Waals surface area contributed by atoms with Crippen molar-refractivity contribution >= 4 is 29.1 Å². The lowest BCUT2D eigenvalue weighted by atomic mass is 10.3. The number of nitrogens with zero attached hydrogens (tertiary/aromatic N) is 2. The van der Waals surface area contributed by atoms with E-state index in [9.17, 15) is 4.79 Å². The number of ether oxygens (including phenoxy) is 3. The SMILES string of the molecule is CCOC(=O)COc1nc(Cl)cc(Nc2ccc(OC)cc2)n1. The van der Waals surface area contributed by atoms with Gasteiger partial charge in [-0.1, -0.05) is 11.6 Å². The number of aromatic nitrogens is 2. The first-order valence-electron chi connectivity index (χ1n) is 6.84. The Morgan fingerprint density at radius 3 is 2.65 bits per heavy atom. The molecule has 0 amide bonds. The summed E-state index contributed by atoms with van der Waals surface area (Å²) in [5, 5.41) is 3.25. The van der Waals surface area contributed by atoms with Crippen LogP contribution in [0.15, 0.2) is 30.3 Å². The number of anilines is 2. The van der Waals surface area contributed by atoms with E-state index in [1.807, 2.05) is 24.3 Å². The summed E-state index contributed by atoms with van der Waals surface area (Å²) in [6.45, 7) is 1.71. The fourth-order valence-electron chi connectivity index (χ4n) is 1.67. The second-order valence-electron chi connectivity index (χ2n) is 4.31. The Balaban J connectivity index is 2.05. The minimum Gasteiger partial charge on any atom is -0.497 e. The molecule has 0 atom stereocenters. The molecule has 1 N–H and O–H groups in total. The average Bonchev–Trinajstić information content (AvgIpc) is 2.53. The number of carbonyl (C=O) groups excluding carboxylic acids is 1. The van der Waals surface area contributed by atoms with Crippen LogP contribution in [0.1, 0.15) is 6.92 Å². The van der Waals surface area contributed by atoms with Crippen LogP contribution >= 0.6 is 11.6 Å². The number of nitrogens with one attached hydrogen (secondary N) is 1. The third kappa shape index (κ3) is 5.30. The van der Waals surface area contributed by atoms with E-state index >= 15 is 0 Å². The molecule has 0 spiro atoms. The number of benzene rings is 1. The maximum absolute atomic E-state index is 11.3. The zero-order chi connectivity index (χ0) is 16.7. The van der Waals surface area contributed by atoms with Crippen molar-refractivity contribution in [2.45, 2.75) is 6.92 Å². The number of methoxy groups -OCH3 is 1. The normalized spacial score (nSPS) is 10.0. The molecule has 0 fully saturated rings. The number of esters is 1. The number of rotatable bonds is 7. The van der Waals surface area contributed by atoms with Gasteiger partial charge in [0, 0.05) is 11.8 Å². The Morgan fingerprint density at radius 1 is 1.26 bits per heavy atom. The maximum atomic E-state index is 11.3. The van der Waals surface area contributed by atoms with Gasteiger partial charge in [0.15, 0.2) is 6.61 Å². The van der Waals surface area contributed by atoms with E-state index in [2.05, 4.69) is 15.3 Å². The first kappa shape index (κ1) is 16.8. The van der Waals surface area contributed by atoms with Crippen LogP contribution in [0.25, 0.3) is 0 Å². The molecule has 122 valence electrons. The van der Waals surface area contributed by atoms with Gasteiger partial charge in [-0.3, -0.25) is 0 Å². The second kappa shape index (κ2) is 8.19. The van der Waals surface area contributed by atoms with Crippen LogP contribution in [0.3, 0.4) is 0 Å². The molecule has 1 aromatic heterocycles. The molecule has 0 saturated heterocycles. The van der Waals surface area contributed by atoms with Gasteiger partial charge in [-0.05, 0) is 31.2 Å². The highest BCUT2D eigenvalue weighted by atomic mass is 35.5. The lowest BCUT2D eigenvalue weighted by Gasteiger charge is -2.09. The van der Waals surface area contributed by atoms with E-state index in [1.54, 1.807) is 20.1 Å². The van der Waals surface area contributed by atoms with Crippen LogP contribution in [0, 0.1) is 0 Å². The molecule has 0 bridgehead atoms. The fourth-order valence-corrected chi connectivity index (χ4v) is 1.85. The Bertz CT molecular complexity index is 664. The van der Waals surface area contributed by atoms with Crippen molar-refractivity contribution in [3.63, 3.8) is 0 Å². The summed E-state index contributed by atoms with van der Waals surface area (Å²) in [7, 11) is 1.60. The molecular weight excluding hydrogens is 322 g/mol. The zero-order valence-corrected chi connectivity index (χ0v) is 13.5. The van der Waals surface area contributed by atoms with E-state index in [0.29, 0.717) is 5.82 Å². The fraction of sp³-hybridized carbons (Fsp3) is 0.267. The van der Waals surface area contributed by atoms with Gasteiger partial charge >= 0.3 is 12.0 Å². The number of halogens is 1. The molecule has 1 aromatic carbocycles.